The lowest BCUT2D eigenvalue weighted by molar-refractivity contribution is 0.0697. The molecule has 0 fully saturated rings. The lowest BCUT2D eigenvalue weighted by atomic mass is 10.1. The van der Waals surface area contributed by atoms with Gasteiger partial charge in [-0.05, 0) is 42.5 Å². The standard InChI is InChI=1S/C19H13BrN2O4/c20-13-7-5-12(6-8-13)18(23)22-21-11-14-9-10-17(26-14)15-3-1-2-4-16(15)19(24)25/h1-11H,(H,22,23)(H,24,25)/b21-11+. The summed E-state index contributed by atoms with van der Waals surface area (Å²) in [7, 11) is 0. The molecule has 1 amide bonds. The van der Waals surface area contributed by atoms with Crippen molar-refractivity contribution < 1.29 is 19.1 Å². The zero-order valence-corrected chi connectivity index (χ0v) is 14.9. The average molecular weight is 413 g/mol. The van der Waals surface area contributed by atoms with Gasteiger partial charge in [0.1, 0.15) is 11.5 Å². The predicted octanol–water partition coefficient (Wildman–Crippen LogP) is 4.17. The molecule has 2 aromatic carbocycles. The van der Waals surface area contributed by atoms with Crippen molar-refractivity contribution in [2.75, 3.05) is 0 Å². The van der Waals surface area contributed by atoms with Gasteiger partial charge in [-0.1, -0.05) is 34.1 Å². The number of halogens is 1. The molecule has 2 N–H and O–H groups in total. The van der Waals surface area contributed by atoms with Crippen molar-refractivity contribution in [2.45, 2.75) is 0 Å². The highest BCUT2D eigenvalue weighted by Gasteiger charge is 2.13. The predicted molar refractivity (Wildman–Crippen MR) is 100 cm³/mol. The summed E-state index contributed by atoms with van der Waals surface area (Å²) in [4.78, 5) is 23.2. The summed E-state index contributed by atoms with van der Waals surface area (Å²) in [5, 5.41) is 13.1. The Kier molecular flexibility index (Phi) is 5.28. The van der Waals surface area contributed by atoms with E-state index in [0.29, 0.717) is 22.6 Å². The van der Waals surface area contributed by atoms with Crippen LogP contribution in [0, 0.1) is 0 Å². The number of amides is 1. The number of hydrogen-bond acceptors (Lipinski definition) is 4. The molecule has 6 nitrogen and oxygen atoms in total. The Morgan fingerprint density at radius 2 is 1.77 bits per heavy atom. The Bertz CT molecular complexity index is 977. The first-order valence-corrected chi connectivity index (χ1v) is 8.35. The molecule has 0 aliphatic carbocycles. The van der Waals surface area contributed by atoms with Crippen LogP contribution in [0.15, 0.2) is 74.7 Å². The summed E-state index contributed by atoms with van der Waals surface area (Å²) in [5.41, 5.74) is 3.50. The van der Waals surface area contributed by atoms with E-state index in [1.807, 2.05) is 0 Å². The van der Waals surface area contributed by atoms with Gasteiger partial charge in [0.25, 0.3) is 5.91 Å². The highest BCUT2D eigenvalue weighted by molar-refractivity contribution is 9.10. The fourth-order valence-corrected chi connectivity index (χ4v) is 2.54. The molecule has 0 bridgehead atoms. The van der Waals surface area contributed by atoms with E-state index in [9.17, 15) is 14.7 Å². The monoisotopic (exact) mass is 412 g/mol. The third-order valence-electron chi connectivity index (χ3n) is 3.51. The molecule has 1 heterocycles. The molecule has 0 aliphatic rings. The molecular weight excluding hydrogens is 400 g/mol. The van der Waals surface area contributed by atoms with Gasteiger partial charge in [-0.15, -0.1) is 0 Å². The molecule has 1 aromatic heterocycles. The smallest absolute Gasteiger partial charge is 0.336 e. The van der Waals surface area contributed by atoms with Gasteiger partial charge in [0.05, 0.1) is 11.8 Å². The first-order valence-electron chi connectivity index (χ1n) is 7.56. The molecular formula is C19H13BrN2O4. The molecule has 26 heavy (non-hydrogen) atoms. The van der Waals surface area contributed by atoms with E-state index >= 15 is 0 Å². The lowest BCUT2D eigenvalue weighted by Gasteiger charge is -2.02. The van der Waals surface area contributed by atoms with Crippen molar-refractivity contribution in [3.63, 3.8) is 0 Å². The maximum absolute atomic E-state index is 12.0. The zero-order valence-electron chi connectivity index (χ0n) is 13.3. The van der Waals surface area contributed by atoms with E-state index in [4.69, 9.17) is 4.42 Å². The van der Waals surface area contributed by atoms with Crippen LogP contribution in [-0.2, 0) is 0 Å². The van der Waals surface area contributed by atoms with Crippen molar-refractivity contribution in [3.8, 4) is 11.3 Å². The largest absolute Gasteiger partial charge is 0.478 e. The van der Waals surface area contributed by atoms with Gasteiger partial charge in [0.15, 0.2) is 0 Å². The van der Waals surface area contributed by atoms with E-state index in [2.05, 4.69) is 26.5 Å². The van der Waals surface area contributed by atoms with Crippen molar-refractivity contribution in [3.05, 3.63) is 82.0 Å². The third kappa shape index (κ3) is 4.07. The van der Waals surface area contributed by atoms with Crippen LogP contribution in [0.1, 0.15) is 26.5 Å². The summed E-state index contributed by atoms with van der Waals surface area (Å²) >= 11 is 3.30. The fraction of sp³-hybridized carbons (Fsp3) is 0. The maximum atomic E-state index is 12.0. The molecule has 130 valence electrons. The molecule has 0 saturated carbocycles. The first-order chi connectivity index (χ1) is 12.5. The number of carboxylic acid groups (broad SMARTS) is 1. The summed E-state index contributed by atoms with van der Waals surface area (Å²) in [6.45, 7) is 0. The van der Waals surface area contributed by atoms with E-state index in [0.717, 1.165) is 4.47 Å². The number of furan rings is 1. The van der Waals surface area contributed by atoms with Gasteiger partial charge >= 0.3 is 5.97 Å². The van der Waals surface area contributed by atoms with Crippen molar-refractivity contribution in [1.82, 2.24) is 5.43 Å². The summed E-state index contributed by atoms with van der Waals surface area (Å²) in [6, 6.07) is 16.7. The summed E-state index contributed by atoms with van der Waals surface area (Å²) < 4.78 is 6.47. The number of carbonyl (C=O) groups excluding carboxylic acids is 1. The highest BCUT2D eigenvalue weighted by atomic mass is 79.9. The molecule has 3 rings (SSSR count). The molecule has 0 unspecified atom stereocenters. The van der Waals surface area contributed by atoms with E-state index in [1.54, 1.807) is 54.6 Å². The van der Waals surface area contributed by atoms with E-state index < -0.39 is 5.97 Å². The van der Waals surface area contributed by atoms with Crippen LogP contribution in [0.5, 0.6) is 0 Å². The van der Waals surface area contributed by atoms with Crippen LogP contribution in [0.3, 0.4) is 0 Å². The number of nitrogens with zero attached hydrogens (tertiary/aromatic N) is 1. The second-order valence-electron chi connectivity index (χ2n) is 5.26. The Balaban J connectivity index is 1.71. The fourth-order valence-electron chi connectivity index (χ4n) is 2.27. The zero-order chi connectivity index (χ0) is 18.5. The number of aromatic carboxylic acids is 1. The maximum Gasteiger partial charge on any atom is 0.336 e. The van der Waals surface area contributed by atoms with Crippen molar-refractivity contribution in [2.24, 2.45) is 5.10 Å². The lowest BCUT2D eigenvalue weighted by Crippen LogP contribution is -2.17. The minimum absolute atomic E-state index is 0.147. The number of carboxylic acids is 1. The van der Waals surface area contributed by atoms with Crippen LogP contribution in [0.2, 0.25) is 0 Å². The highest BCUT2D eigenvalue weighted by Crippen LogP contribution is 2.25. The first kappa shape index (κ1) is 17.6. The van der Waals surface area contributed by atoms with Crippen LogP contribution in [0.4, 0.5) is 0 Å². The Morgan fingerprint density at radius 3 is 2.50 bits per heavy atom. The van der Waals surface area contributed by atoms with Gasteiger partial charge in [0.2, 0.25) is 0 Å². The number of benzene rings is 2. The topological polar surface area (TPSA) is 91.9 Å². The second kappa shape index (κ2) is 7.79. The van der Waals surface area contributed by atoms with Crippen LogP contribution >= 0.6 is 15.9 Å². The number of hydrazone groups is 1. The normalized spacial score (nSPS) is 10.8. The molecule has 0 spiro atoms. The minimum atomic E-state index is -1.03. The Labute approximate surface area is 157 Å². The van der Waals surface area contributed by atoms with Crippen LogP contribution < -0.4 is 5.43 Å². The molecule has 0 radical (unpaired) electrons. The Hall–Kier alpha value is -3.19. The van der Waals surface area contributed by atoms with Crippen LogP contribution in [0.25, 0.3) is 11.3 Å². The van der Waals surface area contributed by atoms with Crippen molar-refractivity contribution >= 4 is 34.0 Å². The van der Waals surface area contributed by atoms with E-state index in [-0.39, 0.29) is 11.5 Å². The van der Waals surface area contributed by atoms with Gasteiger partial charge in [0, 0.05) is 15.6 Å². The van der Waals surface area contributed by atoms with Crippen molar-refractivity contribution in [1.29, 1.82) is 0 Å². The average Bonchev–Trinajstić information content (AvgIpc) is 3.11. The van der Waals surface area contributed by atoms with Crippen LogP contribution in [-0.4, -0.2) is 23.2 Å². The molecule has 0 aliphatic heterocycles. The SMILES string of the molecule is O=C(N/N=C/c1ccc(-c2ccccc2C(=O)O)o1)c1ccc(Br)cc1. The van der Waals surface area contributed by atoms with Gasteiger partial charge in [-0.2, -0.15) is 5.10 Å². The summed E-state index contributed by atoms with van der Waals surface area (Å²) in [6.07, 6.45) is 1.35. The van der Waals surface area contributed by atoms with E-state index in [1.165, 1.54) is 12.3 Å². The number of rotatable bonds is 5. The molecule has 0 saturated heterocycles. The van der Waals surface area contributed by atoms with Gasteiger partial charge < -0.3 is 9.52 Å². The third-order valence-corrected chi connectivity index (χ3v) is 4.04. The second-order valence-corrected chi connectivity index (χ2v) is 6.17. The summed E-state index contributed by atoms with van der Waals surface area (Å²) in [5.74, 6) is -0.592. The van der Waals surface area contributed by atoms with Gasteiger partial charge in [-0.3, -0.25) is 4.79 Å². The molecule has 7 heteroatoms. The minimum Gasteiger partial charge on any atom is -0.478 e. The number of hydrogen-bond donors (Lipinski definition) is 2. The quantitative estimate of drug-likeness (QED) is 0.485. The molecule has 3 aromatic rings. The number of nitrogens with one attached hydrogen (secondary N) is 1. The Morgan fingerprint density at radius 1 is 1.04 bits per heavy atom. The van der Waals surface area contributed by atoms with Gasteiger partial charge in [-0.25, -0.2) is 10.2 Å². The molecule has 0 atom stereocenters. The number of carbonyl (C=O) groups is 2.